The van der Waals surface area contributed by atoms with E-state index in [0.717, 1.165) is 5.56 Å². The predicted molar refractivity (Wildman–Crippen MR) is 177 cm³/mol. The highest BCUT2D eigenvalue weighted by Crippen LogP contribution is 2.43. The van der Waals surface area contributed by atoms with Gasteiger partial charge in [0, 0.05) is 59.6 Å². The van der Waals surface area contributed by atoms with Crippen molar-refractivity contribution in [2.75, 3.05) is 59.2 Å². The Morgan fingerprint density at radius 1 is 0.787 bits per heavy atom. The summed E-state index contributed by atoms with van der Waals surface area (Å²) in [4.78, 5) is 20.8. The maximum atomic E-state index is 11.9. The number of nitrogens with two attached hydrogens (primary N) is 1. The second-order valence-corrected chi connectivity index (χ2v) is 9.99. The number of nitrogens with one attached hydrogen (secondary N) is 1. The molecule has 0 fully saturated rings. The minimum absolute atomic E-state index is 0.290. The second kappa shape index (κ2) is 16.8. The first kappa shape index (κ1) is 32.9. The van der Waals surface area contributed by atoms with Gasteiger partial charge in [-0.3, -0.25) is 0 Å². The number of anilines is 2. The summed E-state index contributed by atoms with van der Waals surface area (Å²) in [5.41, 5.74) is 7.54. The van der Waals surface area contributed by atoms with Crippen molar-refractivity contribution >= 4 is 28.5 Å². The molecule has 3 N–H and O–H groups in total. The Morgan fingerprint density at radius 3 is 2.23 bits per heavy atom. The average molecular weight is 641 g/mol. The normalized spacial score (nSPS) is 10.9. The highest BCUT2D eigenvalue weighted by atomic mass is 16.6. The molecule has 0 radical (unpaired) electrons. The van der Waals surface area contributed by atoms with Crippen LogP contribution in [0.2, 0.25) is 0 Å². The molecular weight excluding hydrogens is 604 g/mol. The summed E-state index contributed by atoms with van der Waals surface area (Å²) < 4.78 is 39.1. The third kappa shape index (κ3) is 9.30. The van der Waals surface area contributed by atoms with Crippen molar-refractivity contribution < 1.29 is 38.0 Å². The van der Waals surface area contributed by atoms with Gasteiger partial charge in [-0.05, 0) is 11.6 Å². The van der Waals surface area contributed by atoms with Crippen LogP contribution in [0.3, 0.4) is 0 Å². The van der Waals surface area contributed by atoms with Gasteiger partial charge in [0.15, 0.2) is 0 Å². The van der Waals surface area contributed by atoms with Crippen LogP contribution in [0.15, 0.2) is 91.1 Å². The van der Waals surface area contributed by atoms with Crippen molar-refractivity contribution in [1.29, 1.82) is 0 Å². The van der Waals surface area contributed by atoms with Crippen LogP contribution in [0.1, 0.15) is 0 Å². The van der Waals surface area contributed by atoms with Crippen LogP contribution in [-0.4, -0.2) is 69.9 Å². The zero-order valence-corrected chi connectivity index (χ0v) is 26.1. The summed E-state index contributed by atoms with van der Waals surface area (Å²) in [6.45, 7) is 2.76. The molecule has 5 rings (SSSR count). The molecule has 4 aromatic carbocycles. The van der Waals surface area contributed by atoms with Crippen LogP contribution < -0.4 is 30.0 Å². The van der Waals surface area contributed by atoms with Crippen LogP contribution in [0.5, 0.6) is 28.9 Å². The van der Waals surface area contributed by atoms with Gasteiger partial charge in [-0.15, -0.1) is 0 Å². The monoisotopic (exact) mass is 640 g/mol. The number of ether oxygens (including phenoxy) is 7. The van der Waals surface area contributed by atoms with Gasteiger partial charge in [0.2, 0.25) is 11.8 Å². The first-order chi connectivity index (χ1) is 23.0. The van der Waals surface area contributed by atoms with E-state index in [1.54, 1.807) is 44.7 Å². The van der Waals surface area contributed by atoms with Gasteiger partial charge in [0.1, 0.15) is 29.6 Å². The number of benzene rings is 4. The number of hydrogen-bond donors (Lipinski definition) is 2. The van der Waals surface area contributed by atoms with E-state index in [1.165, 1.54) is 0 Å². The van der Waals surface area contributed by atoms with E-state index >= 15 is 0 Å². The Hall–Kier alpha value is -5.43. The number of primary amides is 1. The van der Waals surface area contributed by atoms with Crippen molar-refractivity contribution in [2.24, 2.45) is 5.73 Å². The number of amides is 1. The third-order valence-electron chi connectivity index (χ3n) is 6.76. The van der Waals surface area contributed by atoms with Crippen LogP contribution in [0.4, 0.5) is 16.4 Å². The Balaban J connectivity index is 1.32. The number of aromatic nitrogens is 2. The molecule has 0 aliphatic rings. The van der Waals surface area contributed by atoms with Crippen LogP contribution >= 0.6 is 0 Å². The number of nitrogens with zero attached hydrogens (tertiary/aromatic N) is 2. The van der Waals surface area contributed by atoms with Crippen molar-refractivity contribution in [1.82, 2.24) is 9.97 Å². The molecule has 0 atom stereocenters. The lowest BCUT2D eigenvalue weighted by atomic mass is 9.98. The zero-order valence-electron chi connectivity index (χ0n) is 26.1. The summed E-state index contributed by atoms with van der Waals surface area (Å²) in [5.74, 6) is 2.59. The number of methoxy groups -OCH3 is 2. The molecular formula is C35H36N4O8. The van der Waals surface area contributed by atoms with Gasteiger partial charge in [-0.2, -0.15) is 4.98 Å². The second-order valence-electron chi connectivity index (χ2n) is 9.99. The number of carbonyl (C=O) groups is 1. The number of carbonyl (C=O) groups excluding carboxylic acids is 1. The van der Waals surface area contributed by atoms with E-state index < -0.39 is 6.09 Å². The Bertz CT molecular complexity index is 1770. The van der Waals surface area contributed by atoms with E-state index in [1.807, 2.05) is 60.7 Å². The molecule has 1 heterocycles. The SMILES string of the molecule is COCCOCCOCCOc1cc(Nc2nccc(Oc3cc(-c4ccccc4)c(OC(N)=O)c4ccccc34)n2)cc(OC)c1. The molecule has 0 unspecified atom stereocenters. The van der Waals surface area contributed by atoms with Crippen molar-refractivity contribution in [2.45, 2.75) is 0 Å². The minimum Gasteiger partial charge on any atom is -0.497 e. The quantitative estimate of drug-likeness (QED) is 0.110. The number of rotatable bonds is 17. The predicted octanol–water partition coefficient (Wildman–Crippen LogP) is 6.36. The zero-order chi connectivity index (χ0) is 32.8. The molecule has 12 heteroatoms. The van der Waals surface area contributed by atoms with Gasteiger partial charge in [0.25, 0.3) is 0 Å². The van der Waals surface area contributed by atoms with Crippen molar-refractivity contribution in [3.63, 3.8) is 0 Å². The first-order valence-electron chi connectivity index (χ1n) is 14.9. The van der Waals surface area contributed by atoms with Crippen LogP contribution in [-0.2, 0) is 14.2 Å². The van der Waals surface area contributed by atoms with Crippen molar-refractivity contribution in [3.05, 3.63) is 91.1 Å². The Kier molecular flexibility index (Phi) is 11.7. The van der Waals surface area contributed by atoms with E-state index in [-0.39, 0.29) is 5.88 Å². The molecule has 0 saturated carbocycles. The van der Waals surface area contributed by atoms with Gasteiger partial charge < -0.3 is 44.2 Å². The molecule has 5 aromatic rings. The highest BCUT2D eigenvalue weighted by molar-refractivity contribution is 6.00. The standard InChI is InChI=1S/C35H36N4O8/c1-41-14-15-43-16-17-44-18-19-45-27-21-25(20-26(22-27)42-2)38-35-37-13-12-32(39-35)46-31-23-30(24-8-4-3-5-9-24)33(47-34(36)40)29-11-7-6-10-28(29)31/h3-13,20-23H,14-19H2,1-2H3,(H2,36,40)(H,37,38,39). The van der Waals surface area contributed by atoms with Gasteiger partial charge in [0.05, 0.1) is 40.1 Å². The van der Waals surface area contributed by atoms with E-state index in [2.05, 4.69) is 15.3 Å². The number of fused-ring (bicyclic) bond motifs is 1. The maximum Gasteiger partial charge on any atom is 0.410 e. The molecule has 12 nitrogen and oxygen atoms in total. The lowest BCUT2D eigenvalue weighted by Gasteiger charge is -2.16. The molecule has 1 amide bonds. The molecule has 0 saturated heterocycles. The van der Waals surface area contributed by atoms with Gasteiger partial charge in [-0.1, -0.05) is 54.6 Å². The lowest BCUT2D eigenvalue weighted by molar-refractivity contribution is 0.0179. The molecule has 0 aliphatic heterocycles. The fourth-order valence-electron chi connectivity index (χ4n) is 4.67. The van der Waals surface area contributed by atoms with Crippen molar-refractivity contribution in [3.8, 4) is 40.0 Å². The molecule has 0 spiro atoms. The summed E-state index contributed by atoms with van der Waals surface area (Å²) in [6.07, 6.45) is 0.676. The molecule has 0 aliphatic carbocycles. The topological polar surface area (TPSA) is 146 Å². The molecule has 47 heavy (non-hydrogen) atoms. The fourth-order valence-corrected chi connectivity index (χ4v) is 4.67. The lowest BCUT2D eigenvalue weighted by Crippen LogP contribution is -2.17. The van der Waals surface area contributed by atoms with Gasteiger partial charge in [-0.25, -0.2) is 9.78 Å². The van der Waals surface area contributed by atoms with E-state index in [4.69, 9.17) is 38.9 Å². The highest BCUT2D eigenvalue weighted by Gasteiger charge is 2.18. The Morgan fingerprint density at radius 2 is 1.49 bits per heavy atom. The molecule has 1 aromatic heterocycles. The van der Waals surface area contributed by atoms with Crippen LogP contribution in [0, 0.1) is 0 Å². The fraction of sp³-hybridized carbons (Fsp3) is 0.229. The minimum atomic E-state index is -0.911. The van der Waals surface area contributed by atoms with Crippen LogP contribution in [0.25, 0.3) is 21.9 Å². The Labute approximate surface area is 272 Å². The first-order valence-corrected chi connectivity index (χ1v) is 14.9. The molecule has 0 bridgehead atoms. The largest absolute Gasteiger partial charge is 0.497 e. The summed E-state index contributed by atoms with van der Waals surface area (Å²) >= 11 is 0. The van der Waals surface area contributed by atoms with E-state index in [9.17, 15) is 4.79 Å². The molecule has 244 valence electrons. The van der Waals surface area contributed by atoms with Gasteiger partial charge >= 0.3 is 6.09 Å². The average Bonchev–Trinajstić information content (AvgIpc) is 3.09. The number of hydrogen-bond acceptors (Lipinski definition) is 11. The van der Waals surface area contributed by atoms with E-state index in [0.29, 0.717) is 90.6 Å². The summed E-state index contributed by atoms with van der Waals surface area (Å²) in [5, 5.41) is 4.55. The maximum absolute atomic E-state index is 11.9. The third-order valence-corrected chi connectivity index (χ3v) is 6.76. The smallest absolute Gasteiger partial charge is 0.410 e. The summed E-state index contributed by atoms with van der Waals surface area (Å²) in [7, 11) is 3.21. The summed E-state index contributed by atoms with van der Waals surface area (Å²) in [6, 6.07) is 25.8.